The fourth-order valence-corrected chi connectivity index (χ4v) is 2.37. The van der Waals surface area contributed by atoms with Gasteiger partial charge < -0.3 is 0 Å². The van der Waals surface area contributed by atoms with E-state index in [0.29, 0.717) is 11.4 Å². The number of alkyl halides is 1. The molecule has 0 saturated heterocycles. The molecule has 1 unspecified atom stereocenters. The van der Waals surface area contributed by atoms with Gasteiger partial charge in [-0.3, -0.25) is 4.98 Å². The van der Waals surface area contributed by atoms with Crippen molar-refractivity contribution < 1.29 is 0 Å². The molecule has 0 N–H and O–H groups in total. The van der Waals surface area contributed by atoms with Crippen molar-refractivity contribution in [1.29, 1.82) is 0 Å². The molecule has 0 aliphatic heterocycles. The molecular formula is C14H12Cl3N. The Hall–Kier alpha value is -0.760. The Balaban J connectivity index is 2.19. The molecule has 0 amide bonds. The summed E-state index contributed by atoms with van der Waals surface area (Å²) in [5.74, 6) is 0. The van der Waals surface area contributed by atoms with Gasteiger partial charge in [0.1, 0.15) is 0 Å². The van der Waals surface area contributed by atoms with Gasteiger partial charge in [0.2, 0.25) is 0 Å². The lowest BCUT2D eigenvalue weighted by molar-refractivity contribution is 0.916. The summed E-state index contributed by atoms with van der Waals surface area (Å²) in [6, 6.07) is 7.76. The van der Waals surface area contributed by atoms with Crippen molar-refractivity contribution in [2.45, 2.75) is 18.7 Å². The number of nitrogens with zero attached hydrogens (tertiary/aromatic N) is 1. The van der Waals surface area contributed by atoms with Crippen LogP contribution in [0.15, 0.2) is 36.7 Å². The third-order valence-corrected chi connectivity index (χ3v) is 3.97. The first-order valence-corrected chi connectivity index (χ1v) is 6.75. The Morgan fingerprint density at radius 1 is 1.17 bits per heavy atom. The molecule has 0 saturated carbocycles. The van der Waals surface area contributed by atoms with Gasteiger partial charge in [-0.15, -0.1) is 11.6 Å². The van der Waals surface area contributed by atoms with Gasteiger partial charge in [-0.2, -0.15) is 0 Å². The van der Waals surface area contributed by atoms with E-state index in [1.54, 1.807) is 12.4 Å². The number of aromatic nitrogens is 1. The van der Waals surface area contributed by atoms with Crippen LogP contribution in [-0.4, -0.2) is 4.98 Å². The molecule has 94 valence electrons. The predicted molar refractivity (Wildman–Crippen MR) is 77.7 cm³/mol. The number of hydrogen-bond donors (Lipinski definition) is 0. The predicted octanol–water partition coefficient (Wildman–Crippen LogP) is 5.22. The number of rotatable bonds is 3. The summed E-state index contributed by atoms with van der Waals surface area (Å²) in [6.07, 6.45) is 4.00. The first kappa shape index (κ1) is 13.7. The average Bonchev–Trinajstić information content (AvgIpc) is 2.35. The van der Waals surface area contributed by atoms with E-state index >= 15 is 0 Å². The van der Waals surface area contributed by atoms with E-state index < -0.39 is 0 Å². The van der Waals surface area contributed by atoms with Crippen molar-refractivity contribution >= 4 is 34.8 Å². The molecule has 0 radical (unpaired) electrons. The van der Waals surface area contributed by atoms with Crippen molar-refractivity contribution in [2.75, 3.05) is 0 Å². The van der Waals surface area contributed by atoms with Gasteiger partial charge in [0.15, 0.2) is 0 Å². The van der Waals surface area contributed by atoms with Gasteiger partial charge in [0.05, 0.1) is 10.4 Å². The number of pyridine rings is 1. The highest BCUT2D eigenvalue weighted by Gasteiger charge is 2.12. The van der Waals surface area contributed by atoms with Crippen molar-refractivity contribution in [3.63, 3.8) is 0 Å². The van der Waals surface area contributed by atoms with Crippen molar-refractivity contribution in [2.24, 2.45) is 0 Å². The van der Waals surface area contributed by atoms with Crippen molar-refractivity contribution in [3.8, 4) is 0 Å². The van der Waals surface area contributed by atoms with Gasteiger partial charge in [0, 0.05) is 17.4 Å². The summed E-state index contributed by atoms with van der Waals surface area (Å²) in [5.41, 5.74) is 3.04. The quantitative estimate of drug-likeness (QED) is 0.708. The van der Waals surface area contributed by atoms with E-state index in [4.69, 9.17) is 34.8 Å². The summed E-state index contributed by atoms with van der Waals surface area (Å²) < 4.78 is 0. The fraction of sp³-hybridized carbons (Fsp3) is 0.214. The molecule has 18 heavy (non-hydrogen) atoms. The van der Waals surface area contributed by atoms with E-state index in [9.17, 15) is 0 Å². The minimum Gasteiger partial charge on any atom is -0.263 e. The second-order valence-electron chi connectivity index (χ2n) is 4.15. The number of benzene rings is 1. The van der Waals surface area contributed by atoms with Gasteiger partial charge >= 0.3 is 0 Å². The van der Waals surface area contributed by atoms with Crippen LogP contribution in [0, 0.1) is 6.92 Å². The van der Waals surface area contributed by atoms with Gasteiger partial charge in [-0.05, 0) is 42.2 Å². The van der Waals surface area contributed by atoms with Crippen LogP contribution in [0.3, 0.4) is 0 Å². The third-order valence-electron chi connectivity index (χ3n) is 2.81. The first-order valence-electron chi connectivity index (χ1n) is 5.56. The highest BCUT2D eigenvalue weighted by Crippen LogP contribution is 2.30. The molecule has 1 nitrogen and oxygen atoms in total. The summed E-state index contributed by atoms with van der Waals surface area (Å²) in [4.78, 5) is 3.95. The Bertz CT molecular complexity index is 554. The van der Waals surface area contributed by atoms with E-state index in [1.165, 1.54) is 0 Å². The number of hydrogen-bond acceptors (Lipinski definition) is 1. The van der Waals surface area contributed by atoms with E-state index in [2.05, 4.69) is 4.98 Å². The van der Waals surface area contributed by atoms with Crippen LogP contribution < -0.4 is 0 Å². The lowest BCUT2D eigenvalue weighted by atomic mass is 10.0. The molecule has 2 rings (SSSR count). The van der Waals surface area contributed by atoms with Crippen LogP contribution >= 0.6 is 34.8 Å². The molecule has 0 aliphatic rings. The molecule has 1 heterocycles. The normalized spacial score (nSPS) is 12.4. The van der Waals surface area contributed by atoms with Crippen LogP contribution in [0.25, 0.3) is 0 Å². The molecule has 1 aromatic carbocycles. The van der Waals surface area contributed by atoms with Crippen molar-refractivity contribution in [1.82, 2.24) is 4.98 Å². The minimum absolute atomic E-state index is 0.150. The highest BCUT2D eigenvalue weighted by molar-refractivity contribution is 6.32. The summed E-state index contributed by atoms with van der Waals surface area (Å²) in [6.45, 7) is 1.97. The zero-order chi connectivity index (χ0) is 13.1. The van der Waals surface area contributed by atoms with Crippen molar-refractivity contribution in [3.05, 3.63) is 63.4 Å². The maximum absolute atomic E-state index is 6.40. The standard InChI is InChI=1S/C14H12Cl3N/c1-9-2-3-10(6-12(9)15)13(16)7-11-4-5-18-8-14(11)17/h2-6,8,13H,7H2,1H3. The van der Waals surface area contributed by atoms with E-state index in [1.807, 2.05) is 31.2 Å². The molecule has 0 aliphatic carbocycles. The van der Waals surface area contributed by atoms with E-state index in [-0.39, 0.29) is 5.38 Å². The molecule has 2 aromatic rings. The SMILES string of the molecule is Cc1ccc(C(Cl)Cc2ccncc2Cl)cc1Cl. The molecule has 0 spiro atoms. The zero-order valence-electron chi connectivity index (χ0n) is 9.83. The smallest absolute Gasteiger partial charge is 0.0626 e. The average molecular weight is 301 g/mol. The lowest BCUT2D eigenvalue weighted by Crippen LogP contribution is -1.97. The monoisotopic (exact) mass is 299 g/mol. The van der Waals surface area contributed by atoms with E-state index in [0.717, 1.165) is 21.7 Å². The van der Waals surface area contributed by atoms with Crippen LogP contribution in [0.5, 0.6) is 0 Å². The second kappa shape index (κ2) is 5.92. The summed E-state index contributed by atoms with van der Waals surface area (Å²) in [7, 11) is 0. The maximum Gasteiger partial charge on any atom is 0.0626 e. The first-order chi connectivity index (χ1) is 8.58. The van der Waals surface area contributed by atoms with Crippen LogP contribution in [0.1, 0.15) is 22.1 Å². The molecule has 0 fully saturated rings. The zero-order valence-corrected chi connectivity index (χ0v) is 12.1. The maximum atomic E-state index is 6.40. The molecule has 0 bridgehead atoms. The molecule has 1 atom stereocenters. The molecule has 1 aromatic heterocycles. The Morgan fingerprint density at radius 3 is 2.61 bits per heavy atom. The Labute approximate surface area is 122 Å². The van der Waals surface area contributed by atoms with Crippen LogP contribution in [0.4, 0.5) is 0 Å². The molecular weight excluding hydrogens is 289 g/mol. The topological polar surface area (TPSA) is 12.9 Å². The van der Waals surface area contributed by atoms with Gasteiger partial charge in [-0.1, -0.05) is 35.3 Å². The Kier molecular flexibility index (Phi) is 4.50. The Morgan fingerprint density at radius 2 is 1.94 bits per heavy atom. The van der Waals surface area contributed by atoms with Crippen LogP contribution in [-0.2, 0) is 6.42 Å². The van der Waals surface area contributed by atoms with Crippen LogP contribution in [0.2, 0.25) is 10.0 Å². The fourth-order valence-electron chi connectivity index (χ4n) is 1.68. The summed E-state index contributed by atoms with van der Waals surface area (Å²) >= 11 is 18.6. The lowest BCUT2D eigenvalue weighted by Gasteiger charge is -2.12. The van der Waals surface area contributed by atoms with Gasteiger partial charge in [-0.25, -0.2) is 0 Å². The van der Waals surface area contributed by atoms with Gasteiger partial charge in [0.25, 0.3) is 0 Å². The third kappa shape index (κ3) is 3.17. The minimum atomic E-state index is -0.150. The number of halogens is 3. The molecule has 4 heteroatoms. The number of aryl methyl sites for hydroxylation is 1. The summed E-state index contributed by atoms with van der Waals surface area (Å²) in [5, 5.41) is 1.23. The largest absolute Gasteiger partial charge is 0.263 e. The second-order valence-corrected chi connectivity index (χ2v) is 5.49. The highest BCUT2D eigenvalue weighted by atomic mass is 35.5.